The molecule has 0 saturated carbocycles. The van der Waals surface area contributed by atoms with Gasteiger partial charge >= 0.3 is 0 Å². The number of likely N-dealkylation sites (N-methyl/N-ethyl adjacent to an activating group) is 1. The number of anilines is 1. The zero-order valence-electron chi connectivity index (χ0n) is 17.4. The summed E-state index contributed by atoms with van der Waals surface area (Å²) in [6.07, 6.45) is 5.43. The number of aryl methyl sites for hydroxylation is 1. The summed E-state index contributed by atoms with van der Waals surface area (Å²) in [6.45, 7) is 2.67. The highest BCUT2D eigenvalue weighted by Gasteiger charge is 2.25. The van der Waals surface area contributed by atoms with Gasteiger partial charge in [0.05, 0.1) is 12.5 Å². The molecule has 0 bridgehead atoms. The van der Waals surface area contributed by atoms with Crippen molar-refractivity contribution in [3.63, 3.8) is 0 Å². The predicted molar refractivity (Wildman–Crippen MR) is 123 cm³/mol. The maximum atomic E-state index is 12.6. The third kappa shape index (κ3) is 4.62. The van der Waals surface area contributed by atoms with Crippen LogP contribution >= 0.6 is 12.4 Å². The molecule has 4 rings (SSSR count). The Morgan fingerprint density at radius 1 is 1.39 bits per heavy atom. The normalized spacial score (nSPS) is 15.5. The Hall–Kier alpha value is -3.16. The van der Waals surface area contributed by atoms with E-state index in [9.17, 15) is 9.59 Å². The zero-order chi connectivity index (χ0) is 21.3. The number of hydrogen-bond acceptors (Lipinski definition) is 5. The van der Waals surface area contributed by atoms with Gasteiger partial charge < -0.3 is 20.4 Å². The third-order valence-corrected chi connectivity index (χ3v) is 5.47. The standard InChI is InChI=1S/C23H24N4O3.ClH/c1-14-18-5-3-4-6-19(18)30-20(14)13-27(2)21(28)8-7-15-9-16-10-17(11-24)23(29)26-22(16)25-12-15;/h3-9,12,17H,10-11,13,24H2,1-2H3,(H,25,26,29);1H/b8-7+;. The Bertz CT molecular complexity index is 1150. The van der Waals surface area contributed by atoms with Crippen molar-refractivity contribution in [1.82, 2.24) is 9.88 Å². The molecule has 0 aliphatic carbocycles. The highest BCUT2D eigenvalue weighted by molar-refractivity contribution is 5.95. The molecule has 1 unspecified atom stereocenters. The van der Waals surface area contributed by atoms with Crippen LogP contribution in [0.1, 0.15) is 22.5 Å². The molecule has 1 aliphatic rings. The molecule has 0 saturated heterocycles. The van der Waals surface area contributed by atoms with Gasteiger partial charge in [0.1, 0.15) is 17.2 Å². The van der Waals surface area contributed by atoms with Gasteiger partial charge in [0.15, 0.2) is 0 Å². The molecule has 2 aromatic heterocycles. The van der Waals surface area contributed by atoms with E-state index in [4.69, 9.17) is 10.2 Å². The molecule has 1 aromatic carbocycles. The highest BCUT2D eigenvalue weighted by Crippen LogP contribution is 2.26. The molecule has 2 amide bonds. The Kier molecular flexibility index (Phi) is 6.77. The lowest BCUT2D eigenvalue weighted by molar-refractivity contribution is -0.125. The number of fused-ring (bicyclic) bond motifs is 2. The number of nitrogens with one attached hydrogen (secondary N) is 1. The van der Waals surface area contributed by atoms with E-state index in [1.165, 1.54) is 6.08 Å². The molecule has 31 heavy (non-hydrogen) atoms. The Morgan fingerprint density at radius 2 is 2.16 bits per heavy atom. The number of hydrogen-bond donors (Lipinski definition) is 2. The first-order valence-electron chi connectivity index (χ1n) is 9.86. The van der Waals surface area contributed by atoms with E-state index in [0.717, 1.165) is 33.4 Å². The van der Waals surface area contributed by atoms with Gasteiger partial charge in [0.2, 0.25) is 11.8 Å². The van der Waals surface area contributed by atoms with Gasteiger partial charge in [-0.25, -0.2) is 4.98 Å². The summed E-state index contributed by atoms with van der Waals surface area (Å²) in [5, 5.41) is 3.84. The average molecular weight is 441 g/mol. The number of carbonyl (C=O) groups excluding carboxylic acids is 2. The number of furan rings is 1. The van der Waals surface area contributed by atoms with Gasteiger partial charge in [0.25, 0.3) is 0 Å². The number of aromatic nitrogens is 1. The lowest BCUT2D eigenvalue weighted by Crippen LogP contribution is -2.35. The second-order valence-corrected chi connectivity index (χ2v) is 7.58. The van der Waals surface area contributed by atoms with Crippen LogP contribution in [0.4, 0.5) is 5.82 Å². The van der Waals surface area contributed by atoms with Gasteiger partial charge in [-0.15, -0.1) is 12.4 Å². The number of amides is 2. The van der Waals surface area contributed by atoms with Crippen LogP contribution in [0.25, 0.3) is 17.0 Å². The van der Waals surface area contributed by atoms with E-state index in [0.29, 0.717) is 18.8 Å². The fourth-order valence-corrected chi connectivity index (χ4v) is 3.62. The van der Waals surface area contributed by atoms with Crippen molar-refractivity contribution >= 4 is 47.1 Å². The molecular formula is C23H25ClN4O3. The van der Waals surface area contributed by atoms with Crippen LogP contribution < -0.4 is 11.1 Å². The van der Waals surface area contributed by atoms with Crippen LogP contribution in [0.3, 0.4) is 0 Å². The Labute approximate surface area is 186 Å². The van der Waals surface area contributed by atoms with Crippen molar-refractivity contribution in [2.24, 2.45) is 11.7 Å². The van der Waals surface area contributed by atoms with E-state index in [-0.39, 0.29) is 36.7 Å². The van der Waals surface area contributed by atoms with E-state index in [1.807, 2.05) is 37.3 Å². The molecule has 3 aromatic rings. The molecule has 0 spiro atoms. The minimum Gasteiger partial charge on any atom is -0.459 e. The summed E-state index contributed by atoms with van der Waals surface area (Å²) in [7, 11) is 1.74. The maximum Gasteiger partial charge on any atom is 0.246 e. The molecule has 7 nitrogen and oxygen atoms in total. The minimum atomic E-state index is -0.252. The molecule has 1 atom stereocenters. The van der Waals surface area contributed by atoms with Crippen molar-refractivity contribution in [2.75, 3.05) is 18.9 Å². The van der Waals surface area contributed by atoms with Gasteiger partial charge in [-0.1, -0.05) is 18.2 Å². The lowest BCUT2D eigenvalue weighted by Gasteiger charge is -2.22. The lowest BCUT2D eigenvalue weighted by atomic mass is 9.94. The van der Waals surface area contributed by atoms with Gasteiger partial charge in [-0.3, -0.25) is 9.59 Å². The molecular weight excluding hydrogens is 416 g/mol. The molecule has 0 radical (unpaired) electrons. The smallest absolute Gasteiger partial charge is 0.246 e. The summed E-state index contributed by atoms with van der Waals surface area (Å²) in [4.78, 5) is 30.4. The van der Waals surface area contributed by atoms with Crippen LogP contribution in [0.2, 0.25) is 0 Å². The van der Waals surface area contributed by atoms with Crippen LogP contribution in [0, 0.1) is 12.8 Å². The summed E-state index contributed by atoms with van der Waals surface area (Å²) in [5.74, 6) is 0.850. The number of pyridine rings is 1. The van der Waals surface area contributed by atoms with Crippen LogP contribution in [-0.4, -0.2) is 35.3 Å². The summed E-state index contributed by atoms with van der Waals surface area (Å²) >= 11 is 0. The maximum absolute atomic E-state index is 12.6. The van der Waals surface area contributed by atoms with Crippen LogP contribution in [0.5, 0.6) is 0 Å². The van der Waals surface area contributed by atoms with E-state index in [2.05, 4.69) is 10.3 Å². The quantitative estimate of drug-likeness (QED) is 0.593. The molecule has 3 N–H and O–H groups in total. The second-order valence-electron chi connectivity index (χ2n) is 7.58. The molecule has 162 valence electrons. The SMILES string of the molecule is Cc1c(CN(C)C(=O)/C=C/c2cnc3c(c2)CC(CN)C(=O)N3)oc2ccccc12.Cl. The summed E-state index contributed by atoms with van der Waals surface area (Å²) in [6, 6.07) is 9.77. The minimum absolute atomic E-state index is 0. The topological polar surface area (TPSA) is 101 Å². The fraction of sp³-hybridized carbons (Fsp3) is 0.261. The Balaban J connectivity index is 0.00000272. The number of halogens is 1. The predicted octanol–water partition coefficient (Wildman–Crippen LogP) is 3.30. The first kappa shape index (κ1) is 22.5. The molecule has 0 fully saturated rings. The van der Waals surface area contributed by atoms with Crippen molar-refractivity contribution in [3.05, 3.63) is 65.1 Å². The largest absolute Gasteiger partial charge is 0.459 e. The van der Waals surface area contributed by atoms with Crippen molar-refractivity contribution in [3.8, 4) is 0 Å². The number of nitrogens with zero attached hydrogens (tertiary/aromatic N) is 2. The van der Waals surface area contributed by atoms with Gasteiger partial charge in [-0.05, 0) is 42.7 Å². The third-order valence-electron chi connectivity index (χ3n) is 5.47. The van der Waals surface area contributed by atoms with Crippen molar-refractivity contribution in [2.45, 2.75) is 19.9 Å². The Morgan fingerprint density at radius 3 is 2.90 bits per heavy atom. The number of carbonyl (C=O) groups is 2. The average Bonchev–Trinajstić information content (AvgIpc) is 3.07. The van der Waals surface area contributed by atoms with E-state index in [1.54, 1.807) is 24.2 Å². The number of rotatable bonds is 5. The zero-order valence-corrected chi connectivity index (χ0v) is 18.2. The van der Waals surface area contributed by atoms with Gasteiger partial charge in [0, 0.05) is 36.8 Å². The second kappa shape index (κ2) is 9.32. The molecule has 8 heteroatoms. The van der Waals surface area contributed by atoms with Crippen molar-refractivity contribution < 1.29 is 14.0 Å². The highest BCUT2D eigenvalue weighted by atomic mass is 35.5. The molecule has 3 heterocycles. The van der Waals surface area contributed by atoms with E-state index < -0.39 is 0 Å². The summed E-state index contributed by atoms with van der Waals surface area (Å²) < 4.78 is 5.90. The van der Waals surface area contributed by atoms with Gasteiger partial charge in [-0.2, -0.15) is 0 Å². The monoisotopic (exact) mass is 440 g/mol. The first-order valence-corrected chi connectivity index (χ1v) is 9.86. The number of para-hydroxylation sites is 1. The van der Waals surface area contributed by atoms with Crippen LogP contribution in [0.15, 0.2) is 47.0 Å². The number of benzene rings is 1. The summed E-state index contributed by atoms with van der Waals surface area (Å²) in [5.41, 5.74) is 9.25. The molecule has 1 aliphatic heterocycles. The first-order chi connectivity index (χ1) is 14.5. The number of nitrogens with two attached hydrogens (primary N) is 1. The van der Waals surface area contributed by atoms with Crippen LogP contribution in [-0.2, 0) is 22.6 Å². The van der Waals surface area contributed by atoms with Crippen molar-refractivity contribution in [1.29, 1.82) is 0 Å². The fourth-order valence-electron chi connectivity index (χ4n) is 3.62. The van der Waals surface area contributed by atoms with E-state index >= 15 is 0 Å².